The SMILES string of the molecule is O=C(O)COc1ccc(C2C3=C(CC(c4cccs4)CC3=O)Nc3[nH][nH]c(=O)c32)cc1. The number of Topliss-reactive ketones (excluding diaryl/α,β-unsaturated/α-hetero) is 1. The lowest BCUT2D eigenvalue weighted by atomic mass is 9.74. The Morgan fingerprint density at radius 2 is 1.94 bits per heavy atom. The van der Waals surface area contributed by atoms with E-state index in [1.807, 2.05) is 17.5 Å². The molecule has 0 fully saturated rings. The van der Waals surface area contributed by atoms with Gasteiger partial charge < -0.3 is 15.2 Å². The molecule has 1 aliphatic carbocycles. The Labute approximate surface area is 180 Å². The first-order chi connectivity index (χ1) is 15.0. The van der Waals surface area contributed by atoms with Gasteiger partial charge in [0.2, 0.25) is 0 Å². The number of aromatic nitrogens is 2. The molecule has 0 saturated carbocycles. The Morgan fingerprint density at radius 1 is 1.13 bits per heavy atom. The molecule has 3 heterocycles. The van der Waals surface area contributed by atoms with Gasteiger partial charge in [0.15, 0.2) is 12.4 Å². The van der Waals surface area contributed by atoms with Crippen molar-refractivity contribution in [3.8, 4) is 5.75 Å². The summed E-state index contributed by atoms with van der Waals surface area (Å²) in [5.74, 6) is -0.460. The van der Waals surface area contributed by atoms with E-state index < -0.39 is 18.5 Å². The normalized spacial score (nSPS) is 20.1. The van der Waals surface area contributed by atoms with E-state index in [2.05, 4.69) is 15.5 Å². The van der Waals surface area contributed by atoms with Crippen molar-refractivity contribution < 1.29 is 19.4 Å². The molecule has 2 atom stereocenters. The van der Waals surface area contributed by atoms with Gasteiger partial charge in [-0.15, -0.1) is 11.3 Å². The third kappa shape index (κ3) is 3.46. The fourth-order valence-electron chi connectivity index (χ4n) is 4.38. The predicted octanol–water partition coefficient (Wildman–Crippen LogP) is 3.19. The molecule has 2 aromatic heterocycles. The van der Waals surface area contributed by atoms with Gasteiger partial charge >= 0.3 is 5.97 Å². The van der Waals surface area contributed by atoms with Gasteiger partial charge in [-0.3, -0.25) is 19.8 Å². The van der Waals surface area contributed by atoms with Crippen LogP contribution in [0.4, 0.5) is 5.82 Å². The molecule has 3 aromatic rings. The Bertz CT molecular complexity index is 1240. The summed E-state index contributed by atoms with van der Waals surface area (Å²) in [6.07, 6.45) is 1.08. The monoisotopic (exact) mass is 437 g/mol. The van der Waals surface area contributed by atoms with Crippen molar-refractivity contribution in [3.05, 3.63) is 79.4 Å². The number of benzene rings is 1. The van der Waals surface area contributed by atoms with Crippen molar-refractivity contribution in [2.75, 3.05) is 11.9 Å². The lowest BCUT2D eigenvalue weighted by Gasteiger charge is -2.34. The molecule has 1 aliphatic heterocycles. The van der Waals surface area contributed by atoms with Crippen LogP contribution in [0.25, 0.3) is 0 Å². The molecule has 158 valence electrons. The number of carboxylic acids is 1. The fraction of sp³-hybridized carbons (Fsp3) is 0.227. The molecule has 31 heavy (non-hydrogen) atoms. The molecule has 2 unspecified atom stereocenters. The number of ketones is 1. The number of allylic oxidation sites excluding steroid dienone is 2. The van der Waals surface area contributed by atoms with Gasteiger partial charge in [0.1, 0.15) is 11.6 Å². The van der Waals surface area contributed by atoms with Crippen molar-refractivity contribution in [1.29, 1.82) is 0 Å². The number of carbonyl (C=O) groups is 2. The highest BCUT2D eigenvalue weighted by Gasteiger charge is 2.40. The zero-order valence-electron chi connectivity index (χ0n) is 16.3. The summed E-state index contributed by atoms with van der Waals surface area (Å²) in [6, 6.07) is 10.9. The number of hydrogen-bond donors (Lipinski definition) is 4. The summed E-state index contributed by atoms with van der Waals surface area (Å²) in [5, 5.41) is 19.6. The van der Waals surface area contributed by atoms with Crippen LogP contribution >= 0.6 is 11.3 Å². The summed E-state index contributed by atoms with van der Waals surface area (Å²) in [4.78, 5) is 37.8. The minimum atomic E-state index is -1.06. The van der Waals surface area contributed by atoms with Crippen molar-refractivity contribution >= 4 is 28.9 Å². The Hall–Kier alpha value is -3.59. The first-order valence-electron chi connectivity index (χ1n) is 9.83. The Kier molecular flexibility index (Phi) is 4.74. The van der Waals surface area contributed by atoms with Crippen LogP contribution in [0.1, 0.15) is 40.7 Å². The molecule has 0 bridgehead atoms. The smallest absolute Gasteiger partial charge is 0.341 e. The van der Waals surface area contributed by atoms with Crippen molar-refractivity contribution in [1.82, 2.24) is 10.2 Å². The van der Waals surface area contributed by atoms with Crippen molar-refractivity contribution in [2.24, 2.45) is 0 Å². The third-order valence-corrected chi connectivity index (χ3v) is 6.73. The van der Waals surface area contributed by atoms with Crippen molar-refractivity contribution in [3.63, 3.8) is 0 Å². The lowest BCUT2D eigenvalue weighted by Crippen LogP contribution is -2.31. The molecule has 2 aliphatic rings. The highest BCUT2D eigenvalue weighted by molar-refractivity contribution is 7.10. The van der Waals surface area contributed by atoms with Gasteiger partial charge in [-0.2, -0.15) is 0 Å². The van der Waals surface area contributed by atoms with E-state index in [4.69, 9.17) is 9.84 Å². The second kappa shape index (κ2) is 7.59. The first kappa shape index (κ1) is 19.4. The number of nitrogens with one attached hydrogen (secondary N) is 3. The molecular weight excluding hydrogens is 418 g/mol. The number of thiophene rings is 1. The third-order valence-electron chi connectivity index (χ3n) is 5.70. The van der Waals surface area contributed by atoms with E-state index in [-0.39, 0.29) is 17.3 Å². The molecule has 8 nitrogen and oxygen atoms in total. The molecule has 5 rings (SSSR count). The van der Waals surface area contributed by atoms with Crippen LogP contribution in [0, 0.1) is 0 Å². The van der Waals surface area contributed by atoms with Crippen LogP contribution < -0.4 is 15.6 Å². The molecule has 0 spiro atoms. The summed E-state index contributed by atoms with van der Waals surface area (Å²) in [7, 11) is 0. The van der Waals surface area contributed by atoms with Gasteiger partial charge in [-0.25, -0.2) is 4.79 Å². The average Bonchev–Trinajstić information content (AvgIpc) is 3.42. The van der Waals surface area contributed by atoms with E-state index >= 15 is 0 Å². The molecule has 9 heteroatoms. The number of ether oxygens (including phenoxy) is 1. The van der Waals surface area contributed by atoms with Gasteiger partial charge in [0.05, 0.1) is 5.56 Å². The standard InChI is InChI=1S/C22H19N3O5S/c26-15-9-12(16-2-1-7-31-16)8-14-19(15)18(20-21(23-14)24-25-22(20)29)11-3-5-13(6-4-11)30-10-17(27)28/h1-7,12,18H,8-10H2,(H,27,28)(H3,23,24,25,29). The number of carboxylic acid groups (broad SMARTS) is 1. The van der Waals surface area contributed by atoms with Gasteiger partial charge in [0, 0.05) is 34.4 Å². The van der Waals surface area contributed by atoms with E-state index in [1.165, 1.54) is 4.88 Å². The first-order valence-corrected chi connectivity index (χ1v) is 10.7. The van der Waals surface area contributed by atoms with Crippen LogP contribution in [-0.4, -0.2) is 33.7 Å². The number of hydrogen-bond acceptors (Lipinski definition) is 6. The van der Waals surface area contributed by atoms with E-state index in [0.29, 0.717) is 35.5 Å². The minimum Gasteiger partial charge on any atom is -0.482 e. The summed E-state index contributed by atoms with van der Waals surface area (Å²) < 4.78 is 5.21. The van der Waals surface area contributed by atoms with Crippen LogP contribution in [0.5, 0.6) is 5.75 Å². The second-order valence-electron chi connectivity index (χ2n) is 7.61. The van der Waals surface area contributed by atoms with Gasteiger partial charge in [0.25, 0.3) is 5.56 Å². The summed E-state index contributed by atoms with van der Waals surface area (Å²) in [5.41, 5.74) is 2.41. The maximum Gasteiger partial charge on any atom is 0.341 e. The lowest BCUT2D eigenvalue weighted by molar-refractivity contribution is -0.139. The zero-order valence-corrected chi connectivity index (χ0v) is 17.1. The summed E-state index contributed by atoms with van der Waals surface area (Å²) >= 11 is 1.64. The molecule has 4 N–H and O–H groups in total. The molecule has 1 aromatic carbocycles. The molecule has 0 saturated heterocycles. The number of carbonyl (C=O) groups excluding carboxylic acids is 1. The number of anilines is 1. The van der Waals surface area contributed by atoms with Crippen LogP contribution in [0.15, 0.2) is 57.8 Å². The molecular formula is C22H19N3O5S. The van der Waals surface area contributed by atoms with Gasteiger partial charge in [-0.05, 0) is 35.6 Å². The maximum absolute atomic E-state index is 13.3. The van der Waals surface area contributed by atoms with Crippen LogP contribution in [-0.2, 0) is 9.59 Å². The maximum atomic E-state index is 13.3. The number of aromatic amines is 2. The molecule has 0 radical (unpaired) electrons. The van der Waals surface area contributed by atoms with Crippen molar-refractivity contribution in [2.45, 2.75) is 24.7 Å². The minimum absolute atomic E-state index is 0.0228. The second-order valence-corrected chi connectivity index (χ2v) is 8.59. The predicted molar refractivity (Wildman–Crippen MR) is 115 cm³/mol. The topological polar surface area (TPSA) is 124 Å². The number of aliphatic carboxylic acids is 1. The van der Waals surface area contributed by atoms with Crippen LogP contribution in [0.3, 0.4) is 0 Å². The number of rotatable bonds is 5. The number of H-pyrrole nitrogens is 2. The fourth-order valence-corrected chi connectivity index (χ4v) is 5.21. The largest absolute Gasteiger partial charge is 0.482 e. The summed E-state index contributed by atoms with van der Waals surface area (Å²) in [6.45, 7) is -0.438. The highest BCUT2D eigenvalue weighted by atomic mass is 32.1. The Morgan fingerprint density at radius 3 is 2.65 bits per heavy atom. The zero-order chi connectivity index (χ0) is 21.5. The molecule has 0 amide bonds. The van der Waals surface area contributed by atoms with E-state index in [1.54, 1.807) is 35.6 Å². The quantitative estimate of drug-likeness (QED) is 0.486. The van der Waals surface area contributed by atoms with E-state index in [0.717, 1.165) is 11.3 Å². The van der Waals surface area contributed by atoms with E-state index in [9.17, 15) is 14.4 Å². The Balaban J connectivity index is 1.54. The average molecular weight is 437 g/mol. The van der Waals surface area contributed by atoms with Crippen LogP contribution in [0.2, 0.25) is 0 Å². The van der Waals surface area contributed by atoms with Gasteiger partial charge in [-0.1, -0.05) is 18.2 Å². The number of fused-ring (bicyclic) bond motifs is 1. The highest BCUT2D eigenvalue weighted by Crippen LogP contribution is 2.47.